The molecule has 3 saturated heterocycles. The lowest BCUT2D eigenvalue weighted by Gasteiger charge is -2.28. The van der Waals surface area contributed by atoms with Gasteiger partial charge in [-0.15, -0.1) is 0 Å². The van der Waals surface area contributed by atoms with Crippen molar-refractivity contribution in [2.24, 2.45) is 17.8 Å². The highest BCUT2D eigenvalue weighted by molar-refractivity contribution is 5.79. The molecule has 26 heavy (non-hydrogen) atoms. The number of carbonyl (C=O) groups excluding carboxylic acids is 1. The second-order valence-electron chi connectivity index (χ2n) is 8.43. The molecule has 6 nitrogen and oxygen atoms in total. The van der Waals surface area contributed by atoms with Crippen molar-refractivity contribution in [1.29, 1.82) is 0 Å². The fourth-order valence-electron chi connectivity index (χ4n) is 5.34. The summed E-state index contributed by atoms with van der Waals surface area (Å²) in [5, 5.41) is 0. The minimum Gasteiger partial charge on any atom is -0.381 e. The van der Waals surface area contributed by atoms with Crippen molar-refractivity contribution >= 4 is 11.7 Å². The topological polar surface area (TPSA) is 58.6 Å². The number of aryl methyl sites for hydroxylation is 2. The monoisotopic (exact) mass is 356 g/mol. The van der Waals surface area contributed by atoms with E-state index in [1.807, 2.05) is 6.92 Å². The molecule has 0 saturated carbocycles. The molecule has 0 spiro atoms. The number of hydrogen-bond donors (Lipinski definition) is 0. The SMILES string of the molecule is Cc1nc2c(c(N3CC4CN(C(=O)C5CCOCC5)CC4C3)n1)CCC2. The van der Waals surface area contributed by atoms with Gasteiger partial charge in [0.05, 0.1) is 0 Å². The number of hydrogen-bond acceptors (Lipinski definition) is 5. The highest BCUT2D eigenvalue weighted by atomic mass is 16.5. The van der Waals surface area contributed by atoms with Crippen LogP contribution in [0.25, 0.3) is 0 Å². The Morgan fingerprint density at radius 2 is 1.77 bits per heavy atom. The molecule has 140 valence electrons. The molecule has 0 aromatic carbocycles. The molecule has 3 aliphatic heterocycles. The van der Waals surface area contributed by atoms with E-state index in [4.69, 9.17) is 9.72 Å². The maximum absolute atomic E-state index is 12.8. The van der Waals surface area contributed by atoms with E-state index in [1.54, 1.807) is 0 Å². The minimum atomic E-state index is 0.187. The number of likely N-dealkylation sites (tertiary alicyclic amines) is 1. The van der Waals surface area contributed by atoms with Crippen molar-refractivity contribution < 1.29 is 9.53 Å². The van der Waals surface area contributed by atoms with Crippen LogP contribution < -0.4 is 4.90 Å². The molecule has 6 heteroatoms. The molecule has 0 N–H and O–H groups in total. The number of rotatable bonds is 2. The summed E-state index contributed by atoms with van der Waals surface area (Å²) in [5.74, 6) is 3.81. The molecule has 3 fully saturated rings. The maximum Gasteiger partial charge on any atom is 0.225 e. The van der Waals surface area contributed by atoms with Gasteiger partial charge < -0.3 is 14.5 Å². The highest BCUT2D eigenvalue weighted by Crippen LogP contribution is 2.37. The smallest absolute Gasteiger partial charge is 0.225 e. The number of carbonyl (C=O) groups is 1. The predicted molar refractivity (Wildman–Crippen MR) is 98.1 cm³/mol. The second-order valence-corrected chi connectivity index (χ2v) is 8.43. The average molecular weight is 356 g/mol. The van der Waals surface area contributed by atoms with Gasteiger partial charge in [0.2, 0.25) is 5.91 Å². The number of aromatic nitrogens is 2. The molecule has 0 bridgehead atoms. The molecule has 1 aliphatic carbocycles. The van der Waals surface area contributed by atoms with Gasteiger partial charge in [0.1, 0.15) is 11.6 Å². The van der Waals surface area contributed by atoms with Crippen LogP contribution in [0, 0.1) is 24.7 Å². The number of anilines is 1. The lowest BCUT2D eigenvalue weighted by Crippen LogP contribution is -2.39. The molecule has 1 aromatic heterocycles. The summed E-state index contributed by atoms with van der Waals surface area (Å²) in [7, 11) is 0. The molecule has 2 unspecified atom stereocenters. The first-order valence-corrected chi connectivity index (χ1v) is 10.2. The van der Waals surface area contributed by atoms with Crippen LogP contribution in [-0.2, 0) is 22.4 Å². The van der Waals surface area contributed by atoms with E-state index in [1.165, 1.54) is 23.5 Å². The molecule has 4 heterocycles. The van der Waals surface area contributed by atoms with Crippen LogP contribution in [0.5, 0.6) is 0 Å². The quantitative estimate of drug-likeness (QED) is 0.805. The van der Waals surface area contributed by atoms with Crippen molar-refractivity contribution in [3.05, 3.63) is 17.1 Å². The number of fused-ring (bicyclic) bond motifs is 2. The fraction of sp³-hybridized carbons (Fsp3) is 0.750. The molecule has 5 rings (SSSR count). The van der Waals surface area contributed by atoms with Gasteiger partial charge in [-0.05, 0) is 39.0 Å². The van der Waals surface area contributed by atoms with Gasteiger partial charge in [-0.25, -0.2) is 9.97 Å². The van der Waals surface area contributed by atoms with E-state index in [0.29, 0.717) is 17.7 Å². The van der Waals surface area contributed by atoms with Gasteiger partial charge >= 0.3 is 0 Å². The summed E-state index contributed by atoms with van der Waals surface area (Å²) in [6.45, 7) is 7.39. The zero-order valence-electron chi connectivity index (χ0n) is 15.6. The van der Waals surface area contributed by atoms with Gasteiger partial charge in [0.15, 0.2) is 0 Å². The third-order valence-electron chi connectivity index (χ3n) is 6.69. The van der Waals surface area contributed by atoms with Gasteiger partial charge in [-0.1, -0.05) is 0 Å². The van der Waals surface area contributed by atoms with Crippen LogP contribution in [0.15, 0.2) is 0 Å². The summed E-state index contributed by atoms with van der Waals surface area (Å²) in [6, 6.07) is 0. The zero-order valence-corrected chi connectivity index (χ0v) is 15.6. The first-order chi connectivity index (χ1) is 12.7. The van der Waals surface area contributed by atoms with Crippen molar-refractivity contribution in [2.75, 3.05) is 44.3 Å². The molecule has 2 atom stereocenters. The molecular weight excluding hydrogens is 328 g/mol. The first-order valence-electron chi connectivity index (χ1n) is 10.2. The summed E-state index contributed by atoms with van der Waals surface area (Å²) in [6.07, 6.45) is 5.20. The fourth-order valence-corrected chi connectivity index (χ4v) is 5.34. The Morgan fingerprint density at radius 3 is 2.50 bits per heavy atom. The van der Waals surface area contributed by atoms with Gasteiger partial charge in [0.25, 0.3) is 0 Å². The summed E-state index contributed by atoms with van der Waals surface area (Å²) < 4.78 is 5.41. The maximum atomic E-state index is 12.8. The standard InChI is InChI=1S/C20H28N4O2/c1-13-21-18-4-2-3-17(18)19(22-13)23-9-15-11-24(12-16(15)10-23)20(25)14-5-7-26-8-6-14/h14-16H,2-12H2,1H3. The van der Waals surface area contributed by atoms with Gasteiger partial charge in [-0.3, -0.25) is 4.79 Å². The Bertz CT molecular complexity index is 702. The Balaban J connectivity index is 1.27. The largest absolute Gasteiger partial charge is 0.381 e. The van der Waals surface area contributed by atoms with Crippen LogP contribution in [0.1, 0.15) is 36.3 Å². The lowest BCUT2D eigenvalue weighted by molar-refractivity contribution is -0.137. The Labute approximate surface area is 154 Å². The zero-order chi connectivity index (χ0) is 17.7. The molecular formula is C20H28N4O2. The van der Waals surface area contributed by atoms with E-state index >= 15 is 0 Å². The van der Waals surface area contributed by atoms with E-state index in [2.05, 4.69) is 14.8 Å². The summed E-state index contributed by atoms with van der Waals surface area (Å²) in [4.78, 5) is 26.9. The van der Waals surface area contributed by atoms with E-state index in [0.717, 1.165) is 70.9 Å². The first kappa shape index (κ1) is 16.5. The second kappa shape index (κ2) is 6.48. The van der Waals surface area contributed by atoms with Crippen LogP contribution in [0.4, 0.5) is 5.82 Å². The van der Waals surface area contributed by atoms with Crippen LogP contribution >= 0.6 is 0 Å². The molecule has 0 radical (unpaired) electrons. The third-order valence-corrected chi connectivity index (χ3v) is 6.69. The van der Waals surface area contributed by atoms with Crippen LogP contribution in [0.2, 0.25) is 0 Å². The third kappa shape index (κ3) is 2.79. The lowest BCUT2D eigenvalue weighted by atomic mass is 9.99. The highest BCUT2D eigenvalue weighted by Gasteiger charge is 2.44. The van der Waals surface area contributed by atoms with Gasteiger partial charge in [-0.2, -0.15) is 0 Å². The number of nitrogens with zero attached hydrogens (tertiary/aromatic N) is 4. The van der Waals surface area contributed by atoms with E-state index in [-0.39, 0.29) is 5.92 Å². The van der Waals surface area contributed by atoms with E-state index < -0.39 is 0 Å². The summed E-state index contributed by atoms with van der Waals surface area (Å²) >= 11 is 0. The Kier molecular flexibility index (Phi) is 4.11. The minimum absolute atomic E-state index is 0.187. The van der Waals surface area contributed by atoms with Crippen molar-refractivity contribution in [3.63, 3.8) is 0 Å². The Morgan fingerprint density at radius 1 is 1.04 bits per heavy atom. The molecule has 4 aliphatic rings. The average Bonchev–Trinajstić information content (AvgIpc) is 3.35. The Hall–Kier alpha value is -1.69. The van der Waals surface area contributed by atoms with Crippen molar-refractivity contribution in [3.8, 4) is 0 Å². The number of ether oxygens (including phenoxy) is 1. The van der Waals surface area contributed by atoms with Crippen molar-refractivity contribution in [1.82, 2.24) is 14.9 Å². The van der Waals surface area contributed by atoms with Crippen molar-refractivity contribution in [2.45, 2.75) is 39.0 Å². The van der Waals surface area contributed by atoms with Crippen LogP contribution in [0.3, 0.4) is 0 Å². The van der Waals surface area contributed by atoms with E-state index in [9.17, 15) is 4.79 Å². The molecule has 1 amide bonds. The predicted octanol–water partition coefficient (Wildman–Crippen LogP) is 1.59. The molecule has 1 aromatic rings. The normalized spacial score (nSPS) is 28.5. The number of amides is 1. The van der Waals surface area contributed by atoms with Gasteiger partial charge in [0, 0.05) is 68.4 Å². The van der Waals surface area contributed by atoms with Crippen LogP contribution in [-0.4, -0.2) is 60.2 Å². The summed E-state index contributed by atoms with van der Waals surface area (Å²) in [5.41, 5.74) is 2.64.